The number of amides is 2. The summed E-state index contributed by atoms with van der Waals surface area (Å²) in [4.78, 5) is 33.5. The molecule has 2 heterocycles. The Bertz CT molecular complexity index is 1110. The Balaban J connectivity index is 1.98. The third kappa shape index (κ3) is 3.84. The number of aromatic nitrogens is 3. The quantitative estimate of drug-likeness (QED) is 0.649. The van der Waals surface area contributed by atoms with Crippen molar-refractivity contribution in [2.75, 3.05) is 13.6 Å². The fourth-order valence-electron chi connectivity index (χ4n) is 2.57. The van der Waals surface area contributed by atoms with E-state index in [-0.39, 0.29) is 5.69 Å². The zero-order valence-corrected chi connectivity index (χ0v) is 15.5. The van der Waals surface area contributed by atoms with Crippen LogP contribution in [0.15, 0.2) is 42.9 Å². The minimum atomic E-state index is -1.40. The summed E-state index contributed by atoms with van der Waals surface area (Å²) in [6.07, 6.45) is 3.41. The number of benzene rings is 1. The van der Waals surface area contributed by atoms with Crippen LogP contribution in [0.2, 0.25) is 0 Å². The lowest BCUT2D eigenvalue weighted by molar-refractivity contribution is -0.135. The van der Waals surface area contributed by atoms with E-state index in [0.717, 1.165) is 0 Å². The van der Waals surface area contributed by atoms with Gasteiger partial charge in [-0.05, 0) is 19.1 Å². The second-order valence-electron chi connectivity index (χ2n) is 6.10. The Hall–Kier alpha value is -3.70. The summed E-state index contributed by atoms with van der Waals surface area (Å²) >= 11 is 0. The Labute approximate surface area is 161 Å². The predicted octanol–water partition coefficient (Wildman–Crippen LogP) is 0.686. The van der Waals surface area contributed by atoms with Crippen LogP contribution < -0.4 is 5.73 Å². The van der Waals surface area contributed by atoms with Gasteiger partial charge in [0.15, 0.2) is 11.8 Å². The summed E-state index contributed by atoms with van der Waals surface area (Å²) < 4.78 is 1.67. The molecule has 1 aromatic carbocycles. The average molecular weight is 377 g/mol. The van der Waals surface area contributed by atoms with Gasteiger partial charge in [0.05, 0.1) is 0 Å². The fourth-order valence-corrected chi connectivity index (χ4v) is 2.57. The van der Waals surface area contributed by atoms with Gasteiger partial charge in [0, 0.05) is 43.3 Å². The number of aliphatic hydroxyl groups excluding tert-OH is 1. The number of rotatable bonds is 4. The van der Waals surface area contributed by atoms with Crippen molar-refractivity contribution >= 4 is 17.5 Å². The van der Waals surface area contributed by atoms with Crippen molar-refractivity contribution in [1.82, 2.24) is 19.3 Å². The predicted molar refractivity (Wildman–Crippen MR) is 103 cm³/mol. The Morgan fingerprint density at radius 2 is 2.18 bits per heavy atom. The standard InChI is InChI=1S/C20H19N5O3/c1-3-24(2)20(28)16(26)8-7-13-5-4-6-14(11-13)17-19-22-9-10-25(19)12-15(23-17)18(21)27/h4-6,9-12,16,26H,3H2,1-2H3,(H2,21,27)/t16-/m1/s1. The van der Waals surface area contributed by atoms with E-state index in [2.05, 4.69) is 21.8 Å². The molecule has 3 rings (SSSR count). The minimum absolute atomic E-state index is 0.112. The molecule has 1 atom stereocenters. The van der Waals surface area contributed by atoms with E-state index in [1.165, 1.54) is 11.1 Å². The smallest absolute Gasteiger partial charge is 0.268 e. The highest BCUT2D eigenvalue weighted by Gasteiger charge is 2.16. The summed E-state index contributed by atoms with van der Waals surface area (Å²) in [5.74, 6) is 4.25. The highest BCUT2D eigenvalue weighted by molar-refractivity contribution is 5.92. The second-order valence-corrected chi connectivity index (χ2v) is 6.10. The zero-order chi connectivity index (χ0) is 20.3. The third-order valence-electron chi connectivity index (χ3n) is 4.20. The van der Waals surface area contributed by atoms with Crippen molar-refractivity contribution in [3.05, 3.63) is 54.1 Å². The molecule has 8 nitrogen and oxygen atoms in total. The van der Waals surface area contributed by atoms with Gasteiger partial charge in [-0.3, -0.25) is 9.59 Å². The number of nitrogens with zero attached hydrogens (tertiary/aromatic N) is 4. The van der Waals surface area contributed by atoms with Crippen LogP contribution in [-0.2, 0) is 4.79 Å². The van der Waals surface area contributed by atoms with Gasteiger partial charge in [0.2, 0.25) is 0 Å². The number of carbonyl (C=O) groups excluding carboxylic acids is 2. The lowest BCUT2D eigenvalue weighted by Crippen LogP contribution is -2.35. The van der Waals surface area contributed by atoms with Gasteiger partial charge in [0.1, 0.15) is 11.4 Å². The van der Waals surface area contributed by atoms with Crippen LogP contribution in [-0.4, -0.2) is 55.9 Å². The maximum atomic E-state index is 11.9. The Morgan fingerprint density at radius 1 is 1.39 bits per heavy atom. The molecule has 0 radical (unpaired) electrons. The number of hydrogen-bond acceptors (Lipinski definition) is 5. The molecule has 0 aliphatic heterocycles. The SMILES string of the molecule is CCN(C)C(=O)[C@H](O)C#Cc1cccc(-c2nc(C(N)=O)cn3ccnc23)c1. The number of carbonyl (C=O) groups is 2. The van der Waals surface area contributed by atoms with Crippen molar-refractivity contribution in [2.24, 2.45) is 5.73 Å². The van der Waals surface area contributed by atoms with Crippen LogP contribution in [0.25, 0.3) is 16.9 Å². The first-order chi connectivity index (χ1) is 13.4. The molecule has 2 amide bonds. The summed E-state index contributed by atoms with van der Waals surface area (Å²) in [5, 5.41) is 9.94. The minimum Gasteiger partial charge on any atom is -0.372 e. The van der Waals surface area contributed by atoms with Crippen molar-refractivity contribution < 1.29 is 14.7 Å². The lowest BCUT2D eigenvalue weighted by Gasteiger charge is -2.15. The maximum Gasteiger partial charge on any atom is 0.268 e. The number of nitrogens with two attached hydrogens (primary N) is 1. The van der Waals surface area contributed by atoms with E-state index in [4.69, 9.17) is 5.73 Å². The number of hydrogen-bond donors (Lipinski definition) is 2. The summed E-state index contributed by atoms with van der Waals surface area (Å²) in [7, 11) is 1.60. The van der Waals surface area contributed by atoms with Gasteiger partial charge in [-0.25, -0.2) is 9.97 Å². The summed E-state index contributed by atoms with van der Waals surface area (Å²) in [5.41, 5.74) is 7.79. The molecule has 0 aliphatic carbocycles. The van der Waals surface area contributed by atoms with Crippen molar-refractivity contribution in [1.29, 1.82) is 0 Å². The van der Waals surface area contributed by atoms with E-state index in [0.29, 0.717) is 29.0 Å². The topological polar surface area (TPSA) is 114 Å². The van der Waals surface area contributed by atoms with E-state index in [9.17, 15) is 14.7 Å². The fraction of sp³-hybridized carbons (Fsp3) is 0.200. The average Bonchev–Trinajstić information content (AvgIpc) is 3.18. The molecule has 0 aliphatic rings. The van der Waals surface area contributed by atoms with Crippen LogP contribution in [0.5, 0.6) is 0 Å². The zero-order valence-electron chi connectivity index (χ0n) is 15.5. The third-order valence-corrected chi connectivity index (χ3v) is 4.20. The summed E-state index contributed by atoms with van der Waals surface area (Å²) in [6.45, 7) is 2.29. The van der Waals surface area contributed by atoms with Crippen molar-refractivity contribution in [3.63, 3.8) is 0 Å². The van der Waals surface area contributed by atoms with E-state index < -0.39 is 17.9 Å². The molecular formula is C20H19N5O3. The Morgan fingerprint density at radius 3 is 2.89 bits per heavy atom. The van der Waals surface area contributed by atoms with E-state index >= 15 is 0 Å². The first kappa shape index (κ1) is 19.1. The molecule has 3 aromatic rings. The first-order valence-corrected chi connectivity index (χ1v) is 8.59. The molecule has 28 heavy (non-hydrogen) atoms. The highest BCUT2D eigenvalue weighted by Crippen LogP contribution is 2.23. The van der Waals surface area contributed by atoms with Crippen molar-refractivity contribution in [3.8, 4) is 23.1 Å². The largest absolute Gasteiger partial charge is 0.372 e. The van der Waals surface area contributed by atoms with Crippen molar-refractivity contribution in [2.45, 2.75) is 13.0 Å². The molecule has 142 valence electrons. The first-order valence-electron chi connectivity index (χ1n) is 8.59. The lowest BCUT2D eigenvalue weighted by atomic mass is 10.1. The molecule has 2 aromatic heterocycles. The van der Waals surface area contributed by atoms with E-state index in [1.54, 1.807) is 48.1 Å². The normalized spacial score (nSPS) is 11.5. The monoisotopic (exact) mass is 377 g/mol. The van der Waals surface area contributed by atoms with Gasteiger partial charge >= 0.3 is 0 Å². The number of likely N-dealkylation sites (N-methyl/N-ethyl adjacent to an activating group) is 1. The molecule has 0 bridgehead atoms. The summed E-state index contributed by atoms with van der Waals surface area (Å²) in [6, 6.07) is 7.07. The highest BCUT2D eigenvalue weighted by atomic mass is 16.3. The Kier molecular flexibility index (Phi) is 5.38. The molecule has 0 spiro atoms. The molecule has 8 heteroatoms. The van der Waals surface area contributed by atoms with Gasteiger partial charge in [-0.2, -0.15) is 0 Å². The van der Waals surface area contributed by atoms with Crippen LogP contribution in [0, 0.1) is 11.8 Å². The molecule has 3 N–H and O–H groups in total. The molecule has 0 saturated carbocycles. The van der Waals surface area contributed by atoms with Crippen LogP contribution >= 0.6 is 0 Å². The van der Waals surface area contributed by atoms with Gasteiger partial charge in [-0.1, -0.05) is 24.0 Å². The number of aliphatic hydroxyl groups is 1. The van der Waals surface area contributed by atoms with E-state index in [1.807, 2.05) is 6.92 Å². The van der Waals surface area contributed by atoms with Crippen LogP contribution in [0.4, 0.5) is 0 Å². The number of fused-ring (bicyclic) bond motifs is 1. The number of imidazole rings is 1. The second kappa shape index (κ2) is 7.90. The number of primary amides is 1. The van der Waals surface area contributed by atoms with Crippen LogP contribution in [0.3, 0.4) is 0 Å². The molecular weight excluding hydrogens is 358 g/mol. The van der Waals surface area contributed by atoms with Gasteiger partial charge < -0.3 is 20.1 Å². The van der Waals surface area contributed by atoms with Gasteiger partial charge in [-0.15, -0.1) is 0 Å². The van der Waals surface area contributed by atoms with Gasteiger partial charge in [0.25, 0.3) is 11.8 Å². The van der Waals surface area contributed by atoms with Crippen LogP contribution in [0.1, 0.15) is 23.0 Å². The molecule has 0 fully saturated rings. The molecule has 0 unspecified atom stereocenters. The molecule has 0 saturated heterocycles. The maximum absolute atomic E-state index is 11.9.